The first kappa shape index (κ1) is 15.7. The third-order valence-corrected chi connectivity index (χ3v) is 4.31. The summed E-state index contributed by atoms with van der Waals surface area (Å²) in [4.78, 5) is 16.5. The molecule has 1 heterocycles. The molecule has 0 aliphatic carbocycles. The monoisotopic (exact) mass is 312 g/mol. The van der Waals surface area contributed by atoms with Gasteiger partial charge in [-0.3, -0.25) is 9.69 Å². The number of halogens is 1. The van der Waals surface area contributed by atoms with Gasteiger partial charge >= 0.3 is 0 Å². The first-order valence-electron chi connectivity index (χ1n) is 7.95. The van der Waals surface area contributed by atoms with Crippen molar-refractivity contribution in [1.29, 1.82) is 0 Å². The molecule has 2 aromatic carbocycles. The Bertz CT molecular complexity index is 676. The van der Waals surface area contributed by atoms with E-state index in [4.69, 9.17) is 0 Å². The molecule has 3 nitrogen and oxygen atoms in total. The van der Waals surface area contributed by atoms with Gasteiger partial charge in [-0.25, -0.2) is 4.39 Å². The molecule has 0 radical (unpaired) electrons. The molecule has 1 fully saturated rings. The largest absolute Gasteiger partial charge is 0.336 e. The lowest BCUT2D eigenvalue weighted by molar-refractivity contribution is 0.0627. The Morgan fingerprint density at radius 3 is 2.30 bits per heavy atom. The Morgan fingerprint density at radius 1 is 1.00 bits per heavy atom. The molecule has 120 valence electrons. The molecule has 0 N–H and O–H groups in total. The van der Waals surface area contributed by atoms with Crippen molar-refractivity contribution >= 4 is 5.91 Å². The van der Waals surface area contributed by atoms with E-state index in [0.29, 0.717) is 25.2 Å². The molecule has 1 amide bonds. The fraction of sp³-hybridized carbons (Fsp3) is 0.316. The molecular formula is C19H21FN2O. The zero-order valence-electron chi connectivity index (χ0n) is 13.3. The molecule has 1 saturated heterocycles. The lowest BCUT2D eigenvalue weighted by Crippen LogP contribution is -2.48. The second kappa shape index (κ2) is 6.92. The Morgan fingerprint density at radius 2 is 1.65 bits per heavy atom. The number of piperazine rings is 1. The van der Waals surface area contributed by atoms with Crippen molar-refractivity contribution in [1.82, 2.24) is 9.80 Å². The van der Waals surface area contributed by atoms with Gasteiger partial charge in [-0.15, -0.1) is 0 Å². The smallest absolute Gasteiger partial charge is 0.253 e. The first-order chi connectivity index (χ1) is 11.1. The van der Waals surface area contributed by atoms with Crippen molar-refractivity contribution in [3.8, 4) is 0 Å². The molecule has 0 aromatic heterocycles. The van der Waals surface area contributed by atoms with Crippen LogP contribution in [0.2, 0.25) is 0 Å². The summed E-state index contributed by atoms with van der Waals surface area (Å²) in [5, 5.41) is 0. The van der Waals surface area contributed by atoms with Gasteiger partial charge in [0.1, 0.15) is 5.82 Å². The highest BCUT2D eigenvalue weighted by Gasteiger charge is 2.22. The molecule has 0 unspecified atom stereocenters. The summed E-state index contributed by atoms with van der Waals surface area (Å²) in [6.07, 6.45) is 0. The predicted molar refractivity (Wildman–Crippen MR) is 88.8 cm³/mol. The quantitative estimate of drug-likeness (QED) is 0.869. The Kier molecular flexibility index (Phi) is 4.72. The second-order valence-electron chi connectivity index (χ2n) is 6.03. The number of rotatable bonds is 3. The van der Waals surface area contributed by atoms with Gasteiger partial charge in [-0.2, -0.15) is 0 Å². The molecule has 1 aliphatic heterocycles. The third kappa shape index (κ3) is 3.77. The minimum absolute atomic E-state index is 0.0792. The highest BCUT2D eigenvalue weighted by molar-refractivity contribution is 5.94. The van der Waals surface area contributed by atoms with Crippen LogP contribution < -0.4 is 0 Å². The van der Waals surface area contributed by atoms with E-state index in [2.05, 4.69) is 4.90 Å². The number of amides is 1. The Hall–Kier alpha value is -2.20. The molecule has 0 bridgehead atoms. The van der Waals surface area contributed by atoms with Gasteiger partial charge in [0.2, 0.25) is 0 Å². The van der Waals surface area contributed by atoms with Crippen LogP contribution in [0.5, 0.6) is 0 Å². The van der Waals surface area contributed by atoms with Crippen LogP contribution in [0.25, 0.3) is 0 Å². The van der Waals surface area contributed by atoms with Gasteiger partial charge in [-0.05, 0) is 25.1 Å². The maximum atomic E-state index is 13.7. The number of benzene rings is 2. The van der Waals surface area contributed by atoms with Crippen molar-refractivity contribution < 1.29 is 9.18 Å². The normalized spacial score (nSPS) is 15.7. The molecular weight excluding hydrogens is 291 g/mol. The van der Waals surface area contributed by atoms with Crippen LogP contribution >= 0.6 is 0 Å². The number of carbonyl (C=O) groups is 1. The molecule has 0 spiro atoms. The number of hydrogen-bond acceptors (Lipinski definition) is 2. The lowest BCUT2D eigenvalue weighted by Gasteiger charge is -2.34. The fourth-order valence-corrected chi connectivity index (χ4v) is 2.86. The van der Waals surface area contributed by atoms with Gasteiger partial charge in [0.05, 0.1) is 0 Å². The zero-order chi connectivity index (χ0) is 16.2. The van der Waals surface area contributed by atoms with E-state index in [1.807, 2.05) is 48.2 Å². The van der Waals surface area contributed by atoms with Crippen LogP contribution in [0.1, 0.15) is 21.5 Å². The summed E-state index contributed by atoms with van der Waals surface area (Å²) in [7, 11) is 0. The van der Waals surface area contributed by atoms with Crippen LogP contribution in [0, 0.1) is 12.7 Å². The lowest BCUT2D eigenvalue weighted by atomic mass is 10.1. The van der Waals surface area contributed by atoms with Crippen molar-refractivity contribution in [2.45, 2.75) is 13.5 Å². The van der Waals surface area contributed by atoms with Crippen molar-refractivity contribution in [2.24, 2.45) is 0 Å². The van der Waals surface area contributed by atoms with Gasteiger partial charge in [0.15, 0.2) is 0 Å². The van der Waals surface area contributed by atoms with Crippen LogP contribution in [-0.4, -0.2) is 41.9 Å². The summed E-state index contributed by atoms with van der Waals surface area (Å²) >= 11 is 0. The minimum atomic E-state index is -0.161. The van der Waals surface area contributed by atoms with Crippen molar-refractivity contribution in [2.75, 3.05) is 26.2 Å². The topological polar surface area (TPSA) is 23.6 Å². The fourth-order valence-electron chi connectivity index (χ4n) is 2.86. The maximum absolute atomic E-state index is 13.7. The number of nitrogens with zero attached hydrogens (tertiary/aromatic N) is 2. The summed E-state index contributed by atoms with van der Waals surface area (Å²) < 4.78 is 13.7. The average Bonchev–Trinajstić information content (AvgIpc) is 2.58. The average molecular weight is 312 g/mol. The predicted octanol–water partition coefficient (Wildman–Crippen LogP) is 3.09. The summed E-state index contributed by atoms with van der Waals surface area (Å²) in [5.74, 6) is -0.0822. The molecule has 23 heavy (non-hydrogen) atoms. The van der Waals surface area contributed by atoms with Crippen LogP contribution in [0.15, 0.2) is 48.5 Å². The highest BCUT2D eigenvalue weighted by atomic mass is 19.1. The summed E-state index contributed by atoms with van der Waals surface area (Å²) in [6, 6.07) is 14.5. The summed E-state index contributed by atoms with van der Waals surface area (Å²) in [5.41, 5.74) is 2.60. The van der Waals surface area contributed by atoms with Crippen LogP contribution in [0.4, 0.5) is 4.39 Å². The minimum Gasteiger partial charge on any atom is -0.336 e. The molecule has 1 aliphatic rings. The standard InChI is InChI=1S/C19H21FN2O/c1-15-6-8-16(9-7-15)19(23)22-12-10-21(11-13-22)14-17-4-2-3-5-18(17)20/h2-9H,10-14H2,1H3. The highest BCUT2D eigenvalue weighted by Crippen LogP contribution is 2.14. The number of carbonyl (C=O) groups excluding carboxylic acids is 1. The second-order valence-corrected chi connectivity index (χ2v) is 6.03. The number of aryl methyl sites for hydroxylation is 1. The van der Waals surface area contributed by atoms with E-state index in [0.717, 1.165) is 24.2 Å². The van der Waals surface area contributed by atoms with E-state index in [-0.39, 0.29) is 11.7 Å². The molecule has 3 rings (SSSR count). The zero-order valence-corrected chi connectivity index (χ0v) is 13.3. The van der Waals surface area contributed by atoms with E-state index >= 15 is 0 Å². The van der Waals surface area contributed by atoms with Crippen LogP contribution in [-0.2, 0) is 6.54 Å². The van der Waals surface area contributed by atoms with Gasteiger partial charge < -0.3 is 4.90 Å². The Balaban J connectivity index is 1.57. The SMILES string of the molecule is Cc1ccc(C(=O)N2CCN(Cc3ccccc3F)CC2)cc1. The Labute approximate surface area is 136 Å². The number of hydrogen-bond donors (Lipinski definition) is 0. The van der Waals surface area contributed by atoms with Gasteiger partial charge in [0.25, 0.3) is 5.91 Å². The molecule has 0 atom stereocenters. The van der Waals surface area contributed by atoms with Gasteiger partial charge in [-0.1, -0.05) is 35.9 Å². The van der Waals surface area contributed by atoms with E-state index < -0.39 is 0 Å². The van der Waals surface area contributed by atoms with Crippen molar-refractivity contribution in [3.05, 3.63) is 71.0 Å². The third-order valence-electron chi connectivity index (χ3n) is 4.31. The van der Waals surface area contributed by atoms with E-state index in [9.17, 15) is 9.18 Å². The van der Waals surface area contributed by atoms with E-state index in [1.165, 1.54) is 6.07 Å². The molecule has 2 aromatic rings. The molecule has 4 heteroatoms. The van der Waals surface area contributed by atoms with Gasteiger partial charge in [0, 0.05) is 43.9 Å². The molecule has 0 saturated carbocycles. The summed E-state index contributed by atoms with van der Waals surface area (Å²) in [6.45, 7) is 5.51. The first-order valence-corrected chi connectivity index (χ1v) is 7.95. The maximum Gasteiger partial charge on any atom is 0.253 e. The van der Waals surface area contributed by atoms with Crippen molar-refractivity contribution in [3.63, 3.8) is 0 Å². The van der Waals surface area contributed by atoms with E-state index in [1.54, 1.807) is 6.07 Å². The van der Waals surface area contributed by atoms with Crippen LogP contribution in [0.3, 0.4) is 0 Å².